The Hall–Kier alpha value is -3.13. The maximum Gasteiger partial charge on any atom is 0.235 e. The lowest BCUT2D eigenvalue weighted by Gasteiger charge is -2.22. The van der Waals surface area contributed by atoms with Crippen LogP contribution < -0.4 is 5.32 Å². The molecule has 3 aromatic rings. The number of hydrogen-bond donors (Lipinski definition) is 1. The van der Waals surface area contributed by atoms with E-state index in [-0.39, 0.29) is 11.7 Å². The summed E-state index contributed by atoms with van der Waals surface area (Å²) >= 11 is 2.82. The minimum atomic E-state index is -0.178. The van der Waals surface area contributed by atoms with E-state index in [1.165, 1.54) is 33.5 Å². The van der Waals surface area contributed by atoms with Gasteiger partial charge in [0, 0.05) is 10.6 Å². The number of aryl methyl sites for hydroxylation is 2. The second kappa shape index (κ2) is 10.0. The van der Waals surface area contributed by atoms with Gasteiger partial charge in [0.05, 0.1) is 16.9 Å². The van der Waals surface area contributed by atoms with Gasteiger partial charge in [-0.3, -0.25) is 4.79 Å². The fourth-order valence-electron chi connectivity index (χ4n) is 4.90. The van der Waals surface area contributed by atoms with E-state index in [0.717, 1.165) is 61.8 Å². The summed E-state index contributed by atoms with van der Waals surface area (Å²) in [4.78, 5) is 18.7. The zero-order chi connectivity index (χ0) is 23.5. The molecule has 1 N–H and O–H groups in total. The molecule has 0 saturated heterocycles. The molecule has 0 spiro atoms. The van der Waals surface area contributed by atoms with Crippen molar-refractivity contribution in [2.45, 2.75) is 55.9 Å². The Morgan fingerprint density at radius 2 is 1.97 bits per heavy atom. The second-order valence-corrected chi connectivity index (χ2v) is 10.8. The molecule has 34 heavy (non-hydrogen) atoms. The molecule has 2 heterocycles. The molecule has 0 bridgehead atoms. The lowest BCUT2D eigenvalue weighted by molar-refractivity contribution is -0.113. The molecular formula is C27H24N4OS2. The monoisotopic (exact) mass is 484 g/mol. The third-order valence-corrected chi connectivity index (χ3v) is 8.79. The zero-order valence-corrected chi connectivity index (χ0v) is 20.4. The number of nitriles is 2. The first-order valence-corrected chi connectivity index (χ1v) is 13.4. The van der Waals surface area contributed by atoms with Crippen LogP contribution in [0, 0.1) is 22.7 Å². The highest BCUT2D eigenvalue weighted by atomic mass is 32.2. The van der Waals surface area contributed by atoms with Crippen molar-refractivity contribution < 1.29 is 4.79 Å². The average molecular weight is 485 g/mol. The van der Waals surface area contributed by atoms with E-state index in [9.17, 15) is 15.3 Å². The SMILES string of the molecule is N#Cc1cc2c(nc1SCC(=O)Nc1sc3c(c1C#N)CC[C@@H](c1ccccc1)C3)CCCC2. The summed E-state index contributed by atoms with van der Waals surface area (Å²) in [5.41, 5.74) is 5.77. The number of aromatic nitrogens is 1. The number of thioether (sulfide) groups is 1. The summed E-state index contributed by atoms with van der Waals surface area (Å²) in [5, 5.41) is 23.6. The highest BCUT2D eigenvalue weighted by Crippen LogP contribution is 2.42. The maximum atomic E-state index is 12.8. The normalized spacial score (nSPS) is 16.6. The van der Waals surface area contributed by atoms with E-state index in [2.05, 4.69) is 41.7 Å². The smallest absolute Gasteiger partial charge is 0.235 e. The van der Waals surface area contributed by atoms with Crippen molar-refractivity contribution in [1.82, 2.24) is 4.98 Å². The molecule has 5 rings (SSSR count). The first-order valence-electron chi connectivity index (χ1n) is 11.6. The second-order valence-electron chi connectivity index (χ2n) is 8.77. The maximum absolute atomic E-state index is 12.8. The van der Waals surface area contributed by atoms with Gasteiger partial charge in [0.1, 0.15) is 22.2 Å². The fourth-order valence-corrected chi connectivity index (χ4v) is 6.97. The Kier molecular flexibility index (Phi) is 6.67. The molecule has 2 aliphatic carbocycles. The van der Waals surface area contributed by atoms with Gasteiger partial charge in [-0.05, 0) is 73.6 Å². The van der Waals surface area contributed by atoms with E-state index in [1.54, 1.807) is 0 Å². The summed E-state index contributed by atoms with van der Waals surface area (Å²) in [5.74, 6) is 0.418. The van der Waals surface area contributed by atoms with Crippen LogP contribution in [0.3, 0.4) is 0 Å². The predicted octanol–water partition coefficient (Wildman–Crippen LogP) is 5.77. The molecule has 1 aromatic carbocycles. The molecule has 2 aromatic heterocycles. The van der Waals surface area contributed by atoms with E-state index in [1.807, 2.05) is 12.1 Å². The van der Waals surface area contributed by atoms with Gasteiger partial charge in [-0.1, -0.05) is 42.1 Å². The van der Waals surface area contributed by atoms with Crippen LogP contribution in [0.4, 0.5) is 5.00 Å². The Balaban J connectivity index is 1.28. The molecular weight excluding hydrogens is 460 g/mol. The minimum absolute atomic E-state index is 0.153. The number of hydrogen-bond acceptors (Lipinski definition) is 6. The van der Waals surface area contributed by atoms with Gasteiger partial charge >= 0.3 is 0 Å². The largest absolute Gasteiger partial charge is 0.316 e. The first-order chi connectivity index (χ1) is 16.7. The van der Waals surface area contributed by atoms with Crippen molar-refractivity contribution in [3.63, 3.8) is 0 Å². The van der Waals surface area contributed by atoms with Crippen LogP contribution in [0.15, 0.2) is 41.4 Å². The van der Waals surface area contributed by atoms with Crippen molar-refractivity contribution in [2.24, 2.45) is 0 Å². The highest BCUT2D eigenvalue weighted by molar-refractivity contribution is 8.00. The summed E-state index contributed by atoms with van der Waals surface area (Å²) in [6.45, 7) is 0. The molecule has 0 fully saturated rings. The average Bonchev–Trinajstić information content (AvgIpc) is 3.23. The molecule has 0 radical (unpaired) electrons. The Morgan fingerprint density at radius 1 is 1.15 bits per heavy atom. The van der Waals surface area contributed by atoms with Crippen LogP contribution in [0.1, 0.15) is 63.6 Å². The Bertz CT molecular complexity index is 1320. The van der Waals surface area contributed by atoms with Crippen molar-refractivity contribution in [1.29, 1.82) is 10.5 Å². The van der Waals surface area contributed by atoms with E-state index < -0.39 is 0 Å². The van der Waals surface area contributed by atoms with Gasteiger partial charge in [0.25, 0.3) is 0 Å². The number of anilines is 1. The number of amides is 1. The topological polar surface area (TPSA) is 89.6 Å². The van der Waals surface area contributed by atoms with Crippen molar-refractivity contribution in [2.75, 3.05) is 11.1 Å². The fraction of sp³-hybridized carbons (Fsp3) is 0.333. The number of fused-ring (bicyclic) bond motifs is 2. The molecule has 1 amide bonds. The molecule has 5 nitrogen and oxygen atoms in total. The summed E-state index contributed by atoms with van der Waals surface area (Å²) < 4.78 is 0. The number of rotatable bonds is 5. The Morgan fingerprint density at radius 3 is 2.76 bits per heavy atom. The zero-order valence-electron chi connectivity index (χ0n) is 18.8. The summed E-state index contributed by atoms with van der Waals surface area (Å²) in [6.07, 6.45) is 6.89. The van der Waals surface area contributed by atoms with Crippen LogP contribution in [0.25, 0.3) is 0 Å². The number of thiophene rings is 1. The van der Waals surface area contributed by atoms with E-state index in [4.69, 9.17) is 4.98 Å². The third-order valence-electron chi connectivity index (χ3n) is 6.63. The standard InChI is InChI=1S/C27H24N4OS2/c28-14-20-12-19-8-4-5-9-23(19)30-26(20)33-16-25(32)31-27-22(15-29)21-11-10-18(13-24(21)34-27)17-6-2-1-3-7-17/h1-3,6-7,12,18H,4-5,8-11,13,16H2,(H,31,32)/t18-/m1/s1. The van der Waals surface area contributed by atoms with Crippen LogP contribution in [-0.4, -0.2) is 16.6 Å². The summed E-state index contributed by atoms with van der Waals surface area (Å²) in [6, 6.07) is 17.0. The number of carbonyl (C=O) groups excluding carboxylic acids is 1. The van der Waals surface area contributed by atoms with Crippen LogP contribution >= 0.6 is 23.1 Å². The molecule has 0 aliphatic heterocycles. The number of nitrogens with zero attached hydrogens (tertiary/aromatic N) is 3. The van der Waals surface area contributed by atoms with Gasteiger partial charge in [-0.2, -0.15) is 10.5 Å². The lowest BCUT2D eigenvalue weighted by atomic mass is 9.83. The van der Waals surface area contributed by atoms with Crippen molar-refractivity contribution >= 4 is 34.0 Å². The predicted molar refractivity (Wildman–Crippen MR) is 135 cm³/mol. The molecule has 170 valence electrons. The molecule has 0 unspecified atom stereocenters. The number of benzene rings is 1. The van der Waals surface area contributed by atoms with Gasteiger partial charge in [-0.15, -0.1) is 11.3 Å². The van der Waals surface area contributed by atoms with Crippen LogP contribution in [0.5, 0.6) is 0 Å². The highest BCUT2D eigenvalue weighted by Gasteiger charge is 2.27. The third kappa shape index (κ3) is 4.59. The first kappa shape index (κ1) is 22.7. The van der Waals surface area contributed by atoms with Crippen LogP contribution in [-0.2, 0) is 30.5 Å². The van der Waals surface area contributed by atoms with E-state index in [0.29, 0.717) is 27.1 Å². The van der Waals surface area contributed by atoms with Gasteiger partial charge in [0.2, 0.25) is 5.91 Å². The number of nitrogens with one attached hydrogen (secondary N) is 1. The minimum Gasteiger partial charge on any atom is -0.316 e. The van der Waals surface area contributed by atoms with E-state index >= 15 is 0 Å². The molecule has 1 atom stereocenters. The quantitative estimate of drug-likeness (QED) is 0.465. The lowest BCUT2D eigenvalue weighted by Crippen LogP contribution is -2.15. The van der Waals surface area contributed by atoms with Crippen molar-refractivity contribution in [3.8, 4) is 12.1 Å². The number of pyridine rings is 1. The van der Waals surface area contributed by atoms with Crippen molar-refractivity contribution in [3.05, 3.63) is 74.8 Å². The Labute approximate surface area is 207 Å². The summed E-state index contributed by atoms with van der Waals surface area (Å²) in [7, 11) is 0. The molecule has 2 aliphatic rings. The molecule has 0 saturated carbocycles. The van der Waals surface area contributed by atoms with Gasteiger partial charge in [0.15, 0.2) is 0 Å². The van der Waals surface area contributed by atoms with Gasteiger partial charge in [-0.25, -0.2) is 4.98 Å². The van der Waals surface area contributed by atoms with Gasteiger partial charge < -0.3 is 5.32 Å². The molecule has 7 heteroatoms. The number of carbonyl (C=O) groups is 1. The van der Waals surface area contributed by atoms with Crippen LogP contribution in [0.2, 0.25) is 0 Å².